The minimum Gasteiger partial charge on any atom is -0.480 e. The van der Waals surface area contributed by atoms with Crippen LogP contribution in [0.2, 0.25) is 0 Å². The number of aliphatic carboxylic acids is 1. The number of hydrogen-bond donors (Lipinski definition) is 1. The first kappa shape index (κ1) is 19.1. The number of carbonyl (C=O) groups excluding carboxylic acids is 1. The number of aromatic nitrogens is 1. The zero-order valence-corrected chi connectivity index (χ0v) is 17.4. The lowest BCUT2D eigenvalue weighted by Crippen LogP contribution is -2.34. The van der Waals surface area contributed by atoms with E-state index in [0.717, 1.165) is 38.9 Å². The Balaban J connectivity index is 1.85. The van der Waals surface area contributed by atoms with Crippen LogP contribution in [-0.4, -0.2) is 33.0 Å². The molecular formula is C26H22N2O3. The molecule has 1 amide bonds. The van der Waals surface area contributed by atoms with Gasteiger partial charge < -0.3 is 14.6 Å². The van der Waals surface area contributed by atoms with Crippen LogP contribution in [0.1, 0.15) is 33.1 Å². The van der Waals surface area contributed by atoms with E-state index < -0.39 is 12.0 Å². The summed E-state index contributed by atoms with van der Waals surface area (Å²) in [6.45, 7) is 1.70. The van der Waals surface area contributed by atoms with E-state index in [1.807, 2.05) is 50.4 Å². The van der Waals surface area contributed by atoms with Crippen molar-refractivity contribution in [3.8, 4) is 11.3 Å². The number of para-hydroxylation sites is 1. The SMILES string of the molecule is Cc1ccc(-c2c([C@@H]3c4ccccc4C(=O)N3CC(=O)O)c3ccccc3n2C)cc1. The molecule has 0 aliphatic carbocycles. The molecule has 31 heavy (non-hydrogen) atoms. The molecule has 5 rings (SSSR count). The maximum atomic E-state index is 13.2. The predicted octanol–water partition coefficient (Wildman–Crippen LogP) is 4.78. The van der Waals surface area contributed by atoms with Gasteiger partial charge in [0, 0.05) is 29.1 Å². The molecule has 1 aliphatic heterocycles. The molecule has 1 N–H and O–H groups in total. The van der Waals surface area contributed by atoms with E-state index in [-0.39, 0.29) is 12.5 Å². The molecule has 0 unspecified atom stereocenters. The second-order valence-corrected chi connectivity index (χ2v) is 8.02. The molecular weight excluding hydrogens is 388 g/mol. The summed E-state index contributed by atoms with van der Waals surface area (Å²) in [4.78, 5) is 26.4. The highest BCUT2D eigenvalue weighted by atomic mass is 16.4. The van der Waals surface area contributed by atoms with Crippen LogP contribution in [0.15, 0.2) is 72.8 Å². The van der Waals surface area contributed by atoms with Crippen molar-refractivity contribution < 1.29 is 14.7 Å². The molecule has 1 atom stereocenters. The van der Waals surface area contributed by atoms with E-state index in [1.165, 1.54) is 4.90 Å². The van der Waals surface area contributed by atoms with Gasteiger partial charge in [0.25, 0.3) is 5.91 Å². The van der Waals surface area contributed by atoms with Crippen molar-refractivity contribution in [1.82, 2.24) is 9.47 Å². The summed E-state index contributed by atoms with van der Waals surface area (Å²) < 4.78 is 2.14. The minimum absolute atomic E-state index is 0.245. The van der Waals surface area contributed by atoms with E-state index in [2.05, 4.69) is 34.9 Å². The molecule has 2 heterocycles. The van der Waals surface area contributed by atoms with Crippen molar-refractivity contribution in [2.24, 2.45) is 7.05 Å². The molecule has 1 aliphatic rings. The van der Waals surface area contributed by atoms with Gasteiger partial charge in [-0.2, -0.15) is 0 Å². The van der Waals surface area contributed by atoms with E-state index in [1.54, 1.807) is 6.07 Å². The summed E-state index contributed by atoms with van der Waals surface area (Å²) in [5, 5.41) is 10.6. The van der Waals surface area contributed by atoms with Gasteiger partial charge in [0.05, 0.1) is 11.7 Å². The topological polar surface area (TPSA) is 62.5 Å². The van der Waals surface area contributed by atoms with Gasteiger partial charge in [-0.3, -0.25) is 9.59 Å². The smallest absolute Gasteiger partial charge is 0.323 e. The molecule has 4 aromatic rings. The number of nitrogens with zero attached hydrogens (tertiary/aromatic N) is 2. The molecule has 1 aromatic heterocycles. The summed E-state index contributed by atoms with van der Waals surface area (Å²) in [6.07, 6.45) is 0. The third-order valence-electron chi connectivity index (χ3n) is 6.11. The number of fused-ring (bicyclic) bond motifs is 2. The number of hydrogen-bond acceptors (Lipinski definition) is 2. The van der Waals surface area contributed by atoms with Gasteiger partial charge in [-0.1, -0.05) is 66.2 Å². The zero-order valence-electron chi connectivity index (χ0n) is 17.4. The van der Waals surface area contributed by atoms with Gasteiger partial charge in [-0.05, 0) is 30.2 Å². The highest BCUT2D eigenvalue weighted by Crippen LogP contribution is 2.46. The van der Waals surface area contributed by atoms with Crippen LogP contribution in [0, 0.1) is 6.92 Å². The number of carboxylic acids is 1. The summed E-state index contributed by atoms with van der Waals surface area (Å²) in [5.41, 5.74) is 6.60. The first-order valence-electron chi connectivity index (χ1n) is 10.2. The highest BCUT2D eigenvalue weighted by molar-refractivity contribution is 6.03. The van der Waals surface area contributed by atoms with Crippen molar-refractivity contribution in [3.63, 3.8) is 0 Å². The Kier molecular flexibility index (Phi) is 4.40. The monoisotopic (exact) mass is 410 g/mol. The van der Waals surface area contributed by atoms with Gasteiger partial charge in [0.15, 0.2) is 0 Å². The fourth-order valence-corrected chi connectivity index (χ4v) is 4.75. The van der Waals surface area contributed by atoms with Crippen molar-refractivity contribution >= 4 is 22.8 Å². The molecule has 0 spiro atoms. The molecule has 5 nitrogen and oxygen atoms in total. The molecule has 0 radical (unpaired) electrons. The summed E-state index contributed by atoms with van der Waals surface area (Å²) in [6, 6.07) is 23.3. The second kappa shape index (κ2) is 7.13. The van der Waals surface area contributed by atoms with Crippen LogP contribution in [0.25, 0.3) is 22.2 Å². The fraction of sp³-hybridized carbons (Fsp3) is 0.154. The average Bonchev–Trinajstić information content (AvgIpc) is 3.20. The quantitative estimate of drug-likeness (QED) is 0.526. The lowest BCUT2D eigenvalue weighted by atomic mass is 9.93. The Morgan fingerprint density at radius 3 is 2.39 bits per heavy atom. The lowest BCUT2D eigenvalue weighted by Gasteiger charge is -2.25. The van der Waals surface area contributed by atoms with Crippen LogP contribution in [-0.2, 0) is 11.8 Å². The standard InChI is InChI=1S/C26H22N2O3/c1-16-11-13-17(14-12-16)24-23(20-9-5-6-10-21(20)27(24)2)25-18-7-3-4-8-19(18)26(31)28(25)15-22(29)30/h3-14,25H,15H2,1-2H3,(H,29,30)/t25-/m0/s1. The predicted molar refractivity (Wildman–Crippen MR) is 120 cm³/mol. The molecule has 5 heteroatoms. The molecule has 0 fully saturated rings. The summed E-state index contributed by atoms with van der Waals surface area (Å²) in [5.74, 6) is -1.27. The molecule has 0 saturated carbocycles. The van der Waals surface area contributed by atoms with Crippen molar-refractivity contribution in [3.05, 3.63) is 95.1 Å². The largest absolute Gasteiger partial charge is 0.480 e. The summed E-state index contributed by atoms with van der Waals surface area (Å²) >= 11 is 0. The van der Waals surface area contributed by atoms with E-state index in [9.17, 15) is 14.7 Å². The Morgan fingerprint density at radius 2 is 1.65 bits per heavy atom. The number of carbonyl (C=O) groups is 2. The van der Waals surface area contributed by atoms with Crippen molar-refractivity contribution in [2.45, 2.75) is 13.0 Å². The number of rotatable bonds is 4. The van der Waals surface area contributed by atoms with E-state index >= 15 is 0 Å². The second-order valence-electron chi connectivity index (χ2n) is 8.02. The third kappa shape index (κ3) is 2.93. The van der Waals surface area contributed by atoms with Crippen molar-refractivity contribution in [1.29, 1.82) is 0 Å². The van der Waals surface area contributed by atoms with Crippen LogP contribution < -0.4 is 0 Å². The van der Waals surface area contributed by atoms with Gasteiger partial charge in [-0.25, -0.2) is 0 Å². The molecule has 0 saturated heterocycles. The van der Waals surface area contributed by atoms with Crippen LogP contribution >= 0.6 is 0 Å². The molecule has 0 bridgehead atoms. The normalized spacial score (nSPS) is 15.5. The van der Waals surface area contributed by atoms with Crippen LogP contribution in [0.5, 0.6) is 0 Å². The van der Waals surface area contributed by atoms with E-state index in [4.69, 9.17) is 0 Å². The zero-order chi connectivity index (χ0) is 21.7. The van der Waals surface area contributed by atoms with E-state index in [0.29, 0.717) is 5.56 Å². The molecule has 154 valence electrons. The van der Waals surface area contributed by atoms with Crippen LogP contribution in [0.4, 0.5) is 0 Å². The molecule has 3 aromatic carbocycles. The number of amides is 1. The van der Waals surface area contributed by atoms with Gasteiger partial charge in [0.1, 0.15) is 6.54 Å². The number of aryl methyl sites for hydroxylation is 2. The first-order chi connectivity index (χ1) is 15.0. The number of carboxylic acid groups (broad SMARTS) is 1. The Labute approximate surface area is 180 Å². The maximum Gasteiger partial charge on any atom is 0.323 e. The van der Waals surface area contributed by atoms with Crippen molar-refractivity contribution in [2.75, 3.05) is 6.54 Å². The van der Waals surface area contributed by atoms with Gasteiger partial charge in [0.2, 0.25) is 0 Å². The maximum absolute atomic E-state index is 13.2. The Bertz CT molecular complexity index is 1330. The van der Waals surface area contributed by atoms with Gasteiger partial charge >= 0.3 is 5.97 Å². The Hall–Kier alpha value is -3.86. The summed E-state index contributed by atoms with van der Waals surface area (Å²) in [7, 11) is 2.02. The Morgan fingerprint density at radius 1 is 0.968 bits per heavy atom. The number of benzene rings is 3. The lowest BCUT2D eigenvalue weighted by molar-refractivity contribution is -0.138. The fourth-order valence-electron chi connectivity index (χ4n) is 4.75. The first-order valence-corrected chi connectivity index (χ1v) is 10.2. The average molecular weight is 410 g/mol. The third-order valence-corrected chi connectivity index (χ3v) is 6.11. The highest BCUT2D eigenvalue weighted by Gasteiger charge is 2.41. The van der Waals surface area contributed by atoms with Crippen LogP contribution in [0.3, 0.4) is 0 Å². The minimum atomic E-state index is -1.02. The van der Waals surface area contributed by atoms with Gasteiger partial charge in [-0.15, -0.1) is 0 Å².